The van der Waals surface area contributed by atoms with E-state index in [-0.39, 0.29) is 6.03 Å². The van der Waals surface area contributed by atoms with Crippen molar-refractivity contribution in [2.75, 3.05) is 6.54 Å². The molecule has 1 saturated heterocycles. The molecule has 3 N–H and O–H groups in total. The first-order valence-corrected chi connectivity index (χ1v) is 6.04. The van der Waals surface area contributed by atoms with Crippen molar-refractivity contribution in [3.63, 3.8) is 0 Å². The zero-order valence-electron chi connectivity index (χ0n) is 9.38. The van der Waals surface area contributed by atoms with E-state index < -0.39 is 0 Å². The van der Waals surface area contributed by atoms with Gasteiger partial charge in [-0.25, -0.2) is 4.79 Å². The van der Waals surface area contributed by atoms with E-state index in [9.17, 15) is 4.79 Å². The average molecular weight is 211 g/mol. The second kappa shape index (κ2) is 4.84. The molecule has 0 bridgehead atoms. The van der Waals surface area contributed by atoms with Crippen molar-refractivity contribution in [2.24, 2.45) is 0 Å². The van der Waals surface area contributed by atoms with Crippen molar-refractivity contribution in [1.82, 2.24) is 16.0 Å². The van der Waals surface area contributed by atoms with Crippen LogP contribution >= 0.6 is 0 Å². The highest BCUT2D eigenvalue weighted by Crippen LogP contribution is 2.17. The Balaban J connectivity index is 1.64. The van der Waals surface area contributed by atoms with E-state index in [4.69, 9.17) is 0 Å². The van der Waals surface area contributed by atoms with Gasteiger partial charge in [-0.2, -0.15) is 0 Å². The van der Waals surface area contributed by atoms with Gasteiger partial charge in [0.25, 0.3) is 0 Å². The van der Waals surface area contributed by atoms with Gasteiger partial charge in [0.05, 0.1) is 0 Å². The molecule has 0 aromatic heterocycles. The first-order chi connectivity index (χ1) is 7.24. The van der Waals surface area contributed by atoms with Gasteiger partial charge in [0.15, 0.2) is 0 Å². The van der Waals surface area contributed by atoms with Crippen LogP contribution in [0.4, 0.5) is 4.79 Å². The van der Waals surface area contributed by atoms with Crippen molar-refractivity contribution >= 4 is 6.03 Å². The van der Waals surface area contributed by atoms with Gasteiger partial charge in [0, 0.05) is 24.7 Å². The van der Waals surface area contributed by atoms with Crippen LogP contribution in [0.1, 0.15) is 39.0 Å². The van der Waals surface area contributed by atoms with E-state index in [0.29, 0.717) is 18.1 Å². The van der Waals surface area contributed by atoms with Crippen LogP contribution in [0.5, 0.6) is 0 Å². The van der Waals surface area contributed by atoms with Crippen LogP contribution in [0.25, 0.3) is 0 Å². The van der Waals surface area contributed by atoms with Crippen LogP contribution in [0, 0.1) is 0 Å². The lowest BCUT2D eigenvalue weighted by Crippen LogP contribution is -2.53. The molecule has 0 spiro atoms. The van der Waals surface area contributed by atoms with Crippen LogP contribution in [0.3, 0.4) is 0 Å². The molecule has 2 rings (SSSR count). The molecule has 2 fully saturated rings. The molecule has 0 aromatic rings. The molecule has 2 atom stereocenters. The topological polar surface area (TPSA) is 53.2 Å². The lowest BCUT2D eigenvalue weighted by molar-refractivity contribution is 0.220. The predicted octanol–water partition coefficient (Wildman–Crippen LogP) is 0.979. The normalized spacial score (nSPS) is 31.8. The second-order valence-corrected chi connectivity index (χ2v) is 4.83. The molecular weight excluding hydrogens is 190 g/mol. The van der Waals surface area contributed by atoms with Gasteiger partial charge in [0.2, 0.25) is 0 Å². The number of amides is 2. The fourth-order valence-corrected chi connectivity index (χ4v) is 2.09. The molecule has 1 saturated carbocycles. The zero-order valence-corrected chi connectivity index (χ0v) is 9.38. The monoisotopic (exact) mass is 211 g/mol. The maximum Gasteiger partial charge on any atom is 0.315 e. The van der Waals surface area contributed by atoms with Gasteiger partial charge in [-0.3, -0.25) is 0 Å². The first-order valence-electron chi connectivity index (χ1n) is 6.04. The molecule has 86 valence electrons. The molecule has 0 aromatic carbocycles. The summed E-state index contributed by atoms with van der Waals surface area (Å²) >= 11 is 0. The molecular formula is C11H21N3O. The standard InChI is InChI=1S/C11H21N3O/c1-8-5-6-10(7-12-8)14-11(15)13-9-3-2-4-9/h8-10,12H,2-7H2,1H3,(H2,13,14,15). The number of nitrogens with one attached hydrogen (secondary N) is 3. The summed E-state index contributed by atoms with van der Waals surface area (Å²) in [5.74, 6) is 0. The minimum atomic E-state index is 0.0149. The van der Waals surface area contributed by atoms with Crippen LogP contribution in [0.2, 0.25) is 0 Å². The Labute approximate surface area is 91.2 Å². The number of carbonyl (C=O) groups excluding carboxylic acids is 1. The molecule has 4 heteroatoms. The SMILES string of the molecule is CC1CCC(NC(=O)NC2CCC2)CN1. The molecule has 15 heavy (non-hydrogen) atoms. The largest absolute Gasteiger partial charge is 0.335 e. The smallest absolute Gasteiger partial charge is 0.315 e. The van der Waals surface area contributed by atoms with Crippen LogP contribution in [-0.2, 0) is 0 Å². The molecule has 1 aliphatic heterocycles. The molecule has 1 heterocycles. The summed E-state index contributed by atoms with van der Waals surface area (Å²) in [4.78, 5) is 11.5. The summed E-state index contributed by atoms with van der Waals surface area (Å²) in [6, 6.07) is 1.35. The Kier molecular flexibility index (Phi) is 3.46. The van der Waals surface area contributed by atoms with Gasteiger partial charge >= 0.3 is 6.03 Å². The van der Waals surface area contributed by atoms with Gasteiger partial charge in [-0.15, -0.1) is 0 Å². The Hall–Kier alpha value is -0.770. The Morgan fingerprint density at radius 2 is 1.87 bits per heavy atom. The highest BCUT2D eigenvalue weighted by atomic mass is 16.2. The highest BCUT2D eigenvalue weighted by Gasteiger charge is 2.22. The van der Waals surface area contributed by atoms with E-state index in [1.165, 1.54) is 6.42 Å². The third-order valence-corrected chi connectivity index (χ3v) is 3.44. The molecule has 2 unspecified atom stereocenters. The molecule has 0 radical (unpaired) electrons. The Morgan fingerprint density at radius 3 is 2.40 bits per heavy atom. The van der Waals surface area contributed by atoms with Crippen molar-refractivity contribution < 1.29 is 4.79 Å². The van der Waals surface area contributed by atoms with E-state index in [0.717, 1.165) is 32.2 Å². The Morgan fingerprint density at radius 1 is 1.13 bits per heavy atom. The van der Waals surface area contributed by atoms with E-state index in [2.05, 4.69) is 22.9 Å². The van der Waals surface area contributed by atoms with Crippen molar-refractivity contribution in [1.29, 1.82) is 0 Å². The fraction of sp³-hybridized carbons (Fsp3) is 0.909. The molecule has 2 amide bonds. The molecule has 2 aliphatic rings. The van der Waals surface area contributed by atoms with Gasteiger partial charge in [0.1, 0.15) is 0 Å². The van der Waals surface area contributed by atoms with E-state index in [1.54, 1.807) is 0 Å². The number of piperidine rings is 1. The average Bonchev–Trinajstić information content (AvgIpc) is 2.16. The minimum absolute atomic E-state index is 0.0149. The van der Waals surface area contributed by atoms with Gasteiger partial charge < -0.3 is 16.0 Å². The first kappa shape index (κ1) is 10.7. The zero-order chi connectivity index (χ0) is 10.7. The van der Waals surface area contributed by atoms with E-state index >= 15 is 0 Å². The quantitative estimate of drug-likeness (QED) is 0.637. The highest BCUT2D eigenvalue weighted by molar-refractivity contribution is 5.74. The third kappa shape index (κ3) is 3.09. The number of hydrogen-bond acceptors (Lipinski definition) is 2. The minimum Gasteiger partial charge on any atom is -0.335 e. The lowest BCUT2D eigenvalue weighted by Gasteiger charge is -2.31. The van der Waals surface area contributed by atoms with Crippen LogP contribution in [-0.4, -0.2) is 30.7 Å². The summed E-state index contributed by atoms with van der Waals surface area (Å²) < 4.78 is 0. The summed E-state index contributed by atoms with van der Waals surface area (Å²) in [5, 5.41) is 9.40. The Bertz CT molecular complexity index is 220. The van der Waals surface area contributed by atoms with Gasteiger partial charge in [-0.1, -0.05) is 0 Å². The fourth-order valence-electron chi connectivity index (χ4n) is 2.09. The van der Waals surface area contributed by atoms with Crippen molar-refractivity contribution in [3.05, 3.63) is 0 Å². The third-order valence-electron chi connectivity index (χ3n) is 3.44. The number of rotatable bonds is 2. The van der Waals surface area contributed by atoms with Crippen molar-refractivity contribution in [2.45, 2.75) is 57.2 Å². The number of carbonyl (C=O) groups is 1. The number of urea groups is 1. The second-order valence-electron chi connectivity index (χ2n) is 4.83. The lowest BCUT2D eigenvalue weighted by atomic mass is 9.93. The predicted molar refractivity (Wildman–Crippen MR) is 59.8 cm³/mol. The van der Waals surface area contributed by atoms with Crippen LogP contribution in [0.15, 0.2) is 0 Å². The summed E-state index contributed by atoms with van der Waals surface area (Å²) in [7, 11) is 0. The summed E-state index contributed by atoms with van der Waals surface area (Å²) in [5.41, 5.74) is 0. The summed E-state index contributed by atoms with van der Waals surface area (Å²) in [6.07, 6.45) is 5.79. The maximum atomic E-state index is 11.5. The maximum absolute atomic E-state index is 11.5. The number of hydrogen-bond donors (Lipinski definition) is 3. The van der Waals surface area contributed by atoms with E-state index in [1.807, 2.05) is 0 Å². The molecule has 4 nitrogen and oxygen atoms in total. The van der Waals surface area contributed by atoms with Crippen molar-refractivity contribution in [3.8, 4) is 0 Å². The summed E-state index contributed by atoms with van der Waals surface area (Å²) in [6.45, 7) is 3.09. The van der Waals surface area contributed by atoms with Crippen LogP contribution < -0.4 is 16.0 Å². The van der Waals surface area contributed by atoms with Gasteiger partial charge in [-0.05, 0) is 39.0 Å². The molecule has 1 aliphatic carbocycles.